The van der Waals surface area contributed by atoms with Crippen molar-refractivity contribution in [3.8, 4) is 0 Å². The Balaban J connectivity index is 2.59. The van der Waals surface area contributed by atoms with E-state index in [0.717, 1.165) is 0 Å². The normalized spacial score (nSPS) is 25.3. The van der Waals surface area contributed by atoms with Crippen molar-refractivity contribution in [1.82, 2.24) is 0 Å². The van der Waals surface area contributed by atoms with Gasteiger partial charge in [0.1, 0.15) is 0 Å². The lowest BCUT2D eigenvalue weighted by Crippen LogP contribution is -2.28. The average molecular weight is 128 g/mol. The summed E-state index contributed by atoms with van der Waals surface area (Å²) in [5, 5.41) is 9.03. The van der Waals surface area contributed by atoms with Gasteiger partial charge in [0, 0.05) is 6.42 Å². The predicted molar refractivity (Wildman–Crippen MR) is 35.4 cm³/mol. The molecule has 0 aromatic heterocycles. The molecule has 0 fully saturated rings. The molecule has 0 amide bonds. The number of aliphatic hydroxyl groups is 1. The van der Waals surface area contributed by atoms with Gasteiger partial charge in [-0.15, -0.1) is 0 Å². The number of hydrogen-bond donors (Lipinski definition) is 1. The zero-order valence-corrected chi connectivity index (χ0v) is 5.85. The first-order valence-corrected chi connectivity index (χ1v) is 3.12. The minimum atomic E-state index is -0.168. The molecule has 0 saturated heterocycles. The highest BCUT2D eigenvalue weighted by Gasteiger charge is 2.22. The van der Waals surface area contributed by atoms with Crippen molar-refractivity contribution in [2.24, 2.45) is 0 Å². The average Bonchev–Trinajstić information content (AvgIpc) is 1.60. The molecule has 0 atom stereocenters. The molecule has 2 heteroatoms. The summed E-state index contributed by atoms with van der Waals surface area (Å²) in [5.41, 5.74) is -0.168. The highest BCUT2D eigenvalue weighted by Crippen LogP contribution is 2.22. The third-order valence-electron chi connectivity index (χ3n) is 1.40. The molecule has 1 heterocycles. The van der Waals surface area contributed by atoms with Crippen LogP contribution in [0.1, 0.15) is 20.3 Å². The Kier molecular flexibility index (Phi) is 1.49. The Morgan fingerprint density at radius 1 is 1.67 bits per heavy atom. The van der Waals surface area contributed by atoms with Crippen LogP contribution in [-0.4, -0.2) is 17.3 Å². The van der Waals surface area contributed by atoms with Crippen molar-refractivity contribution >= 4 is 0 Å². The van der Waals surface area contributed by atoms with Crippen molar-refractivity contribution in [3.63, 3.8) is 0 Å². The lowest BCUT2D eigenvalue weighted by molar-refractivity contribution is -0.0200. The second-order valence-electron chi connectivity index (χ2n) is 2.94. The standard InChI is InChI=1S/C7H12O2/c1-7(2)5-6(8)3-4-9-7/h3,8H,4-5H2,1-2H3. The molecule has 1 N–H and O–H groups in total. The van der Waals surface area contributed by atoms with Crippen LogP contribution in [0.15, 0.2) is 11.8 Å². The van der Waals surface area contributed by atoms with Gasteiger partial charge in [0.15, 0.2) is 0 Å². The van der Waals surface area contributed by atoms with E-state index in [9.17, 15) is 0 Å². The van der Waals surface area contributed by atoms with Gasteiger partial charge in [-0.2, -0.15) is 0 Å². The van der Waals surface area contributed by atoms with Crippen molar-refractivity contribution in [3.05, 3.63) is 11.8 Å². The van der Waals surface area contributed by atoms with E-state index in [2.05, 4.69) is 0 Å². The van der Waals surface area contributed by atoms with Crippen molar-refractivity contribution in [1.29, 1.82) is 0 Å². The first-order chi connectivity index (χ1) is 4.10. The van der Waals surface area contributed by atoms with Gasteiger partial charge in [0.05, 0.1) is 18.0 Å². The second kappa shape index (κ2) is 2.03. The van der Waals surface area contributed by atoms with E-state index in [0.29, 0.717) is 18.8 Å². The summed E-state index contributed by atoms with van der Waals surface area (Å²) in [7, 11) is 0. The lowest BCUT2D eigenvalue weighted by atomic mass is 10.0. The van der Waals surface area contributed by atoms with E-state index in [1.54, 1.807) is 6.08 Å². The smallest absolute Gasteiger partial charge is 0.0934 e. The summed E-state index contributed by atoms with van der Waals surface area (Å²) in [4.78, 5) is 0. The molecule has 1 rings (SSSR count). The molecular formula is C7H12O2. The first-order valence-electron chi connectivity index (χ1n) is 3.12. The van der Waals surface area contributed by atoms with Crippen LogP contribution < -0.4 is 0 Å². The van der Waals surface area contributed by atoms with E-state index in [1.165, 1.54) is 0 Å². The minimum Gasteiger partial charge on any atom is -0.512 e. The summed E-state index contributed by atoms with van der Waals surface area (Å²) in [6.45, 7) is 4.48. The van der Waals surface area contributed by atoms with E-state index >= 15 is 0 Å². The molecule has 0 saturated carbocycles. The molecule has 52 valence electrons. The zero-order chi connectivity index (χ0) is 6.91. The Hall–Kier alpha value is -0.500. The van der Waals surface area contributed by atoms with Crippen LogP contribution in [0.2, 0.25) is 0 Å². The molecule has 0 aromatic rings. The summed E-state index contributed by atoms with van der Waals surface area (Å²) in [6.07, 6.45) is 2.33. The SMILES string of the molecule is CC1(C)CC(O)=CCO1. The Labute approximate surface area is 55.1 Å². The van der Waals surface area contributed by atoms with Crippen LogP contribution in [-0.2, 0) is 4.74 Å². The van der Waals surface area contributed by atoms with Gasteiger partial charge < -0.3 is 9.84 Å². The van der Waals surface area contributed by atoms with E-state index < -0.39 is 0 Å². The van der Waals surface area contributed by atoms with Gasteiger partial charge in [-0.25, -0.2) is 0 Å². The van der Waals surface area contributed by atoms with Gasteiger partial charge in [-0.3, -0.25) is 0 Å². The summed E-state index contributed by atoms with van der Waals surface area (Å²) in [6, 6.07) is 0. The number of ether oxygens (including phenoxy) is 1. The summed E-state index contributed by atoms with van der Waals surface area (Å²) < 4.78 is 5.30. The van der Waals surface area contributed by atoms with Gasteiger partial charge >= 0.3 is 0 Å². The van der Waals surface area contributed by atoms with Crippen LogP contribution in [0.3, 0.4) is 0 Å². The predicted octanol–water partition coefficient (Wildman–Crippen LogP) is 1.63. The first kappa shape index (κ1) is 6.62. The molecule has 0 spiro atoms. The fourth-order valence-corrected chi connectivity index (χ4v) is 0.923. The third kappa shape index (κ3) is 1.72. The Morgan fingerprint density at radius 2 is 2.33 bits per heavy atom. The summed E-state index contributed by atoms with van der Waals surface area (Å²) >= 11 is 0. The summed E-state index contributed by atoms with van der Waals surface area (Å²) in [5.74, 6) is 0.450. The van der Waals surface area contributed by atoms with E-state index in [4.69, 9.17) is 9.84 Å². The molecule has 1 aliphatic rings. The second-order valence-corrected chi connectivity index (χ2v) is 2.94. The van der Waals surface area contributed by atoms with Crippen LogP contribution in [0.5, 0.6) is 0 Å². The van der Waals surface area contributed by atoms with Crippen LogP contribution in [0.25, 0.3) is 0 Å². The molecule has 0 unspecified atom stereocenters. The molecule has 9 heavy (non-hydrogen) atoms. The van der Waals surface area contributed by atoms with Gasteiger partial charge in [-0.1, -0.05) is 0 Å². The topological polar surface area (TPSA) is 29.5 Å². The third-order valence-corrected chi connectivity index (χ3v) is 1.40. The van der Waals surface area contributed by atoms with Crippen LogP contribution in [0.4, 0.5) is 0 Å². The Bertz CT molecular complexity index is 136. The maximum absolute atomic E-state index is 9.03. The molecule has 0 aliphatic carbocycles. The van der Waals surface area contributed by atoms with Gasteiger partial charge in [0.2, 0.25) is 0 Å². The van der Waals surface area contributed by atoms with Crippen LogP contribution in [0, 0.1) is 0 Å². The number of aliphatic hydroxyl groups excluding tert-OH is 1. The van der Waals surface area contributed by atoms with E-state index in [1.807, 2.05) is 13.8 Å². The Morgan fingerprint density at radius 3 is 2.67 bits per heavy atom. The van der Waals surface area contributed by atoms with Crippen LogP contribution >= 0.6 is 0 Å². The van der Waals surface area contributed by atoms with Crippen molar-refractivity contribution < 1.29 is 9.84 Å². The molecule has 0 aromatic carbocycles. The fraction of sp³-hybridized carbons (Fsp3) is 0.714. The lowest BCUT2D eigenvalue weighted by Gasteiger charge is -2.27. The minimum absolute atomic E-state index is 0.168. The molecule has 0 radical (unpaired) electrons. The maximum Gasteiger partial charge on any atom is 0.0934 e. The van der Waals surface area contributed by atoms with Gasteiger partial charge in [0.25, 0.3) is 0 Å². The molecule has 0 bridgehead atoms. The highest BCUT2D eigenvalue weighted by atomic mass is 16.5. The monoisotopic (exact) mass is 128 g/mol. The number of hydrogen-bond acceptors (Lipinski definition) is 2. The largest absolute Gasteiger partial charge is 0.512 e. The zero-order valence-electron chi connectivity index (χ0n) is 5.85. The highest BCUT2D eigenvalue weighted by molar-refractivity contribution is 5.00. The van der Waals surface area contributed by atoms with Crippen molar-refractivity contribution in [2.75, 3.05) is 6.61 Å². The fourth-order valence-electron chi connectivity index (χ4n) is 0.923. The van der Waals surface area contributed by atoms with Crippen molar-refractivity contribution in [2.45, 2.75) is 25.9 Å². The van der Waals surface area contributed by atoms with E-state index in [-0.39, 0.29) is 5.60 Å². The maximum atomic E-state index is 9.03. The molecule has 1 aliphatic heterocycles. The van der Waals surface area contributed by atoms with Gasteiger partial charge in [-0.05, 0) is 19.9 Å². The number of rotatable bonds is 0. The molecular weight excluding hydrogens is 116 g/mol. The quantitative estimate of drug-likeness (QED) is 0.537. The molecule has 2 nitrogen and oxygen atoms in total.